The average molecular weight is 268 g/mol. The zero-order valence-corrected chi connectivity index (χ0v) is 10.1. The summed E-state index contributed by atoms with van der Waals surface area (Å²) in [6, 6.07) is -1.24. The minimum absolute atomic E-state index is 0.0624. The van der Waals surface area contributed by atoms with Crippen LogP contribution in [0.5, 0.6) is 0 Å². The summed E-state index contributed by atoms with van der Waals surface area (Å²) in [7, 11) is -2.59. The highest BCUT2D eigenvalue weighted by atomic mass is 35.5. The van der Waals surface area contributed by atoms with Gasteiger partial charge in [-0.05, 0) is 6.92 Å². The first kappa shape index (κ1) is 12.9. The van der Waals surface area contributed by atoms with E-state index in [2.05, 4.69) is 5.10 Å². The predicted octanol–water partition coefficient (Wildman–Crippen LogP) is -0.175. The minimum atomic E-state index is -3.98. The number of carboxylic acid groups (broad SMARTS) is 1. The van der Waals surface area contributed by atoms with Crippen molar-refractivity contribution in [1.82, 2.24) is 14.5 Å². The molecule has 1 heterocycles. The van der Waals surface area contributed by atoms with Crippen molar-refractivity contribution in [3.05, 3.63) is 11.2 Å². The Balaban J connectivity index is 3.09. The summed E-state index contributed by atoms with van der Waals surface area (Å²) in [5.74, 6) is -1.28. The van der Waals surface area contributed by atoms with E-state index >= 15 is 0 Å². The van der Waals surface area contributed by atoms with Crippen LogP contribution < -0.4 is 4.72 Å². The third kappa shape index (κ3) is 2.52. The lowest BCUT2D eigenvalue weighted by Gasteiger charge is -2.10. The van der Waals surface area contributed by atoms with E-state index < -0.39 is 22.0 Å². The zero-order chi connectivity index (χ0) is 12.5. The molecule has 0 aliphatic carbocycles. The number of nitrogens with one attached hydrogen (secondary N) is 1. The summed E-state index contributed by atoms with van der Waals surface area (Å²) < 4.78 is 26.5. The van der Waals surface area contributed by atoms with Gasteiger partial charge in [0, 0.05) is 7.05 Å². The van der Waals surface area contributed by atoms with Crippen LogP contribution in [0.2, 0.25) is 5.02 Å². The molecule has 0 spiro atoms. The van der Waals surface area contributed by atoms with Gasteiger partial charge in [-0.2, -0.15) is 9.82 Å². The van der Waals surface area contributed by atoms with Gasteiger partial charge in [0.25, 0.3) is 10.0 Å². The van der Waals surface area contributed by atoms with E-state index in [1.807, 2.05) is 4.72 Å². The van der Waals surface area contributed by atoms with Crippen LogP contribution in [-0.4, -0.2) is 35.3 Å². The smallest absolute Gasteiger partial charge is 0.321 e. The molecule has 2 N–H and O–H groups in total. The Bertz CT molecular complexity index is 490. The highest BCUT2D eigenvalue weighted by molar-refractivity contribution is 7.89. The number of halogens is 1. The number of carboxylic acids is 1. The number of aromatic nitrogens is 2. The van der Waals surface area contributed by atoms with E-state index in [-0.39, 0.29) is 10.0 Å². The number of rotatable bonds is 4. The van der Waals surface area contributed by atoms with Crippen molar-refractivity contribution in [3.63, 3.8) is 0 Å². The van der Waals surface area contributed by atoms with Gasteiger partial charge in [0.2, 0.25) is 0 Å². The molecule has 0 saturated heterocycles. The molecule has 0 aromatic carbocycles. The van der Waals surface area contributed by atoms with Crippen LogP contribution in [-0.2, 0) is 21.9 Å². The highest BCUT2D eigenvalue weighted by Crippen LogP contribution is 2.19. The van der Waals surface area contributed by atoms with Crippen LogP contribution in [0.1, 0.15) is 6.92 Å². The van der Waals surface area contributed by atoms with Gasteiger partial charge in [0.1, 0.15) is 6.04 Å². The Morgan fingerprint density at radius 3 is 2.62 bits per heavy atom. The maximum atomic E-state index is 11.7. The molecule has 0 bridgehead atoms. The topological polar surface area (TPSA) is 101 Å². The van der Waals surface area contributed by atoms with Gasteiger partial charge in [0.05, 0.1) is 11.2 Å². The molecule has 0 radical (unpaired) electrons. The van der Waals surface area contributed by atoms with Crippen LogP contribution in [0.4, 0.5) is 0 Å². The van der Waals surface area contributed by atoms with Gasteiger partial charge in [0.15, 0.2) is 5.03 Å². The van der Waals surface area contributed by atoms with Crippen LogP contribution in [0.25, 0.3) is 0 Å². The van der Waals surface area contributed by atoms with Gasteiger partial charge >= 0.3 is 5.97 Å². The molecular formula is C7H10ClN3O4S. The fourth-order valence-corrected chi connectivity index (χ4v) is 2.89. The molecule has 7 nitrogen and oxygen atoms in total. The number of hydrogen-bond donors (Lipinski definition) is 2. The lowest BCUT2D eigenvalue weighted by Crippen LogP contribution is -2.39. The molecule has 1 unspecified atom stereocenters. The molecule has 0 aliphatic heterocycles. The highest BCUT2D eigenvalue weighted by Gasteiger charge is 2.26. The molecule has 0 amide bonds. The van der Waals surface area contributed by atoms with Gasteiger partial charge in [-0.1, -0.05) is 11.6 Å². The number of nitrogens with zero attached hydrogens (tertiary/aromatic N) is 2. The average Bonchev–Trinajstić information content (AvgIpc) is 2.45. The predicted molar refractivity (Wildman–Crippen MR) is 55.6 cm³/mol. The SMILES string of the molecule is CC(NS(=O)(=O)c1c(Cl)cnn1C)C(=O)O. The molecule has 9 heteroatoms. The van der Waals surface area contributed by atoms with Crippen molar-refractivity contribution >= 4 is 27.6 Å². The van der Waals surface area contributed by atoms with Gasteiger partial charge in [-0.25, -0.2) is 8.42 Å². The third-order valence-electron chi connectivity index (χ3n) is 1.80. The Morgan fingerprint density at radius 1 is 1.69 bits per heavy atom. The summed E-state index contributed by atoms with van der Waals surface area (Å²) in [5.41, 5.74) is 0. The van der Waals surface area contributed by atoms with Gasteiger partial charge < -0.3 is 5.11 Å². The summed E-state index contributed by atoms with van der Waals surface area (Å²) >= 11 is 5.64. The molecule has 0 saturated carbocycles. The molecule has 0 fully saturated rings. The molecule has 1 aromatic heterocycles. The van der Waals surface area contributed by atoms with Crippen LogP contribution in [0.15, 0.2) is 11.2 Å². The molecule has 0 aliphatic rings. The number of carbonyl (C=O) groups is 1. The van der Waals surface area contributed by atoms with Crippen molar-refractivity contribution in [1.29, 1.82) is 0 Å². The fourth-order valence-electron chi connectivity index (χ4n) is 1.04. The van der Waals surface area contributed by atoms with E-state index in [1.54, 1.807) is 0 Å². The van der Waals surface area contributed by atoms with Crippen molar-refractivity contribution in [3.8, 4) is 0 Å². The van der Waals surface area contributed by atoms with Crippen LogP contribution in [0, 0.1) is 0 Å². The standard InChI is InChI=1S/C7H10ClN3O4S/c1-4(7(12)13)10-16(14,15)6-5(8)3-9-11(6)2/h3-4,10H,1-2H3,(H,12,13). The third-order valence-corrected chi connectivity index (χ3v) is 3.85. The van der Waals surface area contributed by atoms with E-state index in [9.17, 15) is 13.2 Å². The second-order valence-corrected chi connectivity index (χ2v) is 5.14. The normalized spacial score (nSPS) is 13.7. The van der Waals surface area contributed by atoms with Gasteiger partial charge in [-0.3, -0.25) is 9.48 Å². The summed E-state index contributed by atoms with van der Waals surface area (Å²) in [6.45, 7) is 1.21. The number of hydrogen-bond acceptors (Lipinski definition) is 4. The summed E-state index contributed by atoms with van der Waals surface area (Å²) in [5, 5.41) is 11.9. The maximum Gasteiger partial charge on any atom is 0.321 e. The molecule has 1 rings (SSSR count). The maximum absolute atomic E-state index is 11.7. The van der Waals surface area contributed by atoms with Gasteiger partial charge in [-0.15, -0.1) is 0 Å². The Hall–Kier alpha value is -1.12. The van der Waals surface area contributed by atoms with Crippen molar-refractivity contribution in [2.45, 2.75) is 18.0 Å². The minimum Gasteiger partial charge on any atom is -0.480 e. The van der Waals surface area contributed by atoms with Crippen LogP contribution >= 0.6 is 11.6 Å². The molecule has 1 atom stereocenters. The molecule has 16 heavy (non-hydrogen) atoms. The number of sulfonamides is 1. The van der Waals surface area contributed by atoms with E-state index in [4.69, 9.17) is 16.7 Å². The first-order valence-electron chi connectivity index (χ1n) is 4.18. The fraction of sp³-hybridized carbons (Fsp3) is 0.429. The molecule has 90 valence electrons. The first-order chi connectivity index (χ1) is 7.25. The van der Waals surface area contributed by atoms with Crippen LogP contribution in [0.3, 0.4) is 0 Å². The summed E-state index contributed by atoms with van der Waals surface area (Å²) in [6.07, 6.45) is 1.17. The second-order valence-electron chi connectivity index (χ2n) is 3.10. The Labute approximate surface area is 97.1 Å². The van der Waals surface area contributed by atoms with Crippen molar-refractivity contribution < 1.29 is 18.3 Å². The number of aliphatic carboxylic acids is 1. The molecular weight excluding hydrogens is 258 g/mol. The number of aryl methyl sites for hydroxylation is 1. The quantitative estimate of drug-likeness (QED) is 0.788. The zero-order valence-electron chi connectivity index (χ0n) is 8.51. The monoisotopic (exact) mass is 267 g/mol. The largest absolute Gasteiger partial charge is 0.480 e. The Morgan fingerprint density at radius 2 is 2.25 bits per heavy atom. The van der Waals surface area contributed by atoms with E-state index in [1.165, 1.54) is 20.2 Å². The summed E-state index contributed by atoms with van der Waals surface area (Å²) in [4.78, 5) is 10.5. The van der Waals surface area contributed by atoms with Crippen molar-refractivity contribution in [2.75, 3.05) is 0 Å². The Kier molecular flexibility index (Phi) is 3.56. The van der Waals surface area contributed by atoms with E-state index in [0.717, 1.165) is 4.68 Å². The van der Waals surface area contributed by atoms with Crippen molar-refractivity contribution in [2.24, 2.45) is 7.05 Å². The second kappa shape index (κ2) is 4.40. The first-order valence-corrected chi connectivity index (χ1v) is 6.04. The lowest BCUT2D eigenvalue weighted by atomic mass is 10.4. The van der Waals surface area contributed by atoms with E-state index in [0.29, 0.717) is 0 Å². The molecule has 1 aromatic rings. The lowest BCUT2D eigenvalue weighted by molar-refractivity contribution is -0.138.